The summed E-state index contributed by atoms with van der Waals surface area (Å²) in [5.41, 5.74) is 7.29. The zero-order valence-corrected chi connectivity index (χ0v) is 22.5. The van der Waals surface area contributed by atoms with Gasteiger partial charge < -0.3 is 15.2 Å². The average Bonchev–Trinajstić information content (AvgIpc) is 3.62. The van der Waals surface area contributed by atoms with Crippen LogP contribution in [0.1, 0.15) is 57.8 Å². The first-order valence-corrected chi connectivity index (χ1v) is 14.4. The number of hydrogen-bond donors (Lipinski definition) is 3. The van der Waals surface area contributed by atoms with Crippen molar-refractivity contribution in [3.63, 3.8) is 0 Å². The third-order valence-electron chi connectivity index (χ3n) is 8.22. The number of nitrogens with zero attached hydrogens (tertiary/aromatic N) is 6. The number of imidazole rings is 1. The number of aromatic amines is 2. The molecule has 1 saturated heterocycles. The maximum Gasteiger partial charge on any atom is 0.224 e. The molecule has 0 bridgehead atoms. The lowest BCUT2D eigenvalue weighted by Gasteiger charge is -2.28. The fourth-order valence-electron chi connectivity index (χ4n) is 6.14. The number of amides is 1. The van der Waals surface area contributed by atoms with Gasteiger partial charge >= 0.3 is 0 Å². The predicted molar refractivity (Wildman–Crippen MR) is 156 cm³/mol. The molecule has 0 atom stereocenters. The first kappa shape index (κ1) is 24.7. The molecule has 40 heavy (non-hydrogen) atoms. The largest absolute Gasteiger partial charge is 0.368 e. The van der Waals surface area contributed by atoms with Gasteiger partial charge in [-0.1, -0.05) is 19.3 Å². The number of pyridine rings is 3. The standard InChI is InChI=1S/C30H33N9O/c40-26(13-19-7-3-1-4-8-19)33-21-14-20(15-31-16-21)22-9-10-23-28(34-22)29(38-37-23)30-35-24-17-32-18-25(27(24)36-30)39-11-5-2-6-12-39/h9-10,14-19H,1-8,11-13H2,(H,33,40)(H,35,36)(H,37,38). The summed E-state index contributed by atoms with van der Waals surface area (Å²) in [6.45, 7) is 2.04. The van der Waals surface area contributed by atoms with Crippen molar-refractivity contribution in [3.8, 4) is 22.8 Å². The Labute approximate surface area is 232 Å². The fraction of sp³-hybridized carbons (Fsp3) is 0.400. The molecule has 1 aliphatic heterocycles. The van der Waals surface area contributed by atoms with Crippen LogP contribution in [-0.4, -0.2) is 54.1 Å². The fourth-order valence-corrected chi connectivity index (χ4v) is 6.14. The number of carbonyl (C=O) groups is 1. The van der Waals surface area contributed by atoms with E-state index in [1.165, 1.54) is 38.5 Å². The van der Waals surface area contributed by atoms with Crippen molar-refractivity contribution < 1.29 is 4.79 Å². The molecular formula is C30H33N9O. The molecule has 0 spiro atoms. The Hall–Kier alpha value is -4.34. The lowest BCUT2D eigenvalue weighted by molar-refractivity contribution is -0.117. The van der Waals surface area contributed by atoms with E-state index in [9.17, 15) is 4.79 Å². The number of nitrogens with one attached hydrogen (secondary N) is 3. The van der Waals surface area contributed by atoms with Crippen LogP contribution < -0.4 is 10.2 Å². The van der Waals surface area contributed by atoms with E-state index in [0.29, 0.717) is 29.5 Å². The molecule has 6 heterocycles. The number of rotatable bonds is 6. The first-order valence-electron chi connectivity index (χ1n) is 14.4. The number of aromatic nitrogens is 7. The van der Waals surface area contributed by atoms with Crippen molar-refractivity contribution >= 4 is 39.3 Å². The van der Waals surface area contributed by atoms with Crippen LogP contribution in [0.5, 0.6) is 0 Å². The van der Waals surface area contributed by atoms with Crippen LogP contribution in [0.2, 0.25) is 0 Å². The second-order valence-electron chi connectivity index (χ2n) is 11.1. The van der Waals surface area contributed by atoms with Gasteiger partial charge in [0.1, 0.15) is 11.0 Å². The topological polar surface area (TPSA) is 128 Å². The van der Waals surface area contributed by atoms with Crippen molar-refractivity contribution in [2.75, 3.05) is 23.3 Å². The van der Waals surface area contributed by atoms with Gasteiger partial charge in [-0.05, 0) is 56.2 Å². The van der Waals surface area contributed by atoms with E-state index in [4.69, 9.17) is 9.97 Å². The van der Waals surface area contributed by atoms with E-state index in [2.05, 4.69) is 35.4 Å². The van der Waals surface area contributed by atoms with E-state index in [0.717, 1.165) is 64.9 Å². The van der Waals surface area contributed by atoms with Crippen LogP contribution >= 0.6 is 0 Å². The molecule has 0 aromatic carbocycles. The van der Waals surface area contributed by atoms with Crippen LogP contribution in [0.3, 0.4) is 0 Å². The smallest absolute Gasteiger partial charge is 0.224 e. The maximum atomic E-state index is 12.7. The second kappa shape index (κ2) is 10.7. The second-order valence-corrected chi connectivity index (χ2v) is 11.1. The molecule has 10 heteroatoms. The number of fused-ring (bicyclic) bond motifs is 2. The summed E-state index contributed by atoms with van der Waals surface area (Å²) in [5, 5.41) is 10.7. The molecule has 5 aromatic rings. The van der Waals surface area contributed by atoms with Crippen LogP contribution in [-0.2, 0) is 4.79 Å². The molecule has 10 nitrogen and oxygen atoms in total. The maximum absolute atomic E-state index is 12.7. The molecule has 1 saturated carbocycles. The Morgan fingerprint density at radius 3 is 2.60 bits per heavy atom. The van der Waals surface area contributed by atoms with Crippen LogP contribution in [0, 0.1) is 5.92 Å². The van der Waals surface area contributed by atoms with E-state index in [1.54, 1.807) is 12.4 Å². The molecule has 3 N–H and O–H groups in total. The molecule has 1 aliphatic carbocycles. The summed E-state index contributed by atoms with van der Waals surface area (Å²) < 4.78 is 0. The van der Waals surface area contributed by atoms with Gasteiger partial charge in [0.05, 0.1) is 46.7 Å². The van der Waals surface area contributed by atoms with Gasteiger partial charge in [0.2, 0.25) is 5.91 Å². The zero-order chi connectivity index (χ0) is 26.9. The average molecular weight is 536 g/mol. The lowest BCUT2D eigenvalue weighted by Crippen LogP contribution is -2.29. The summed E-state index contributed by atoms with van der Waals surface area (Å²) in [5.74, 6) is 1.19. The van der Waals surface area contributed by atoms with E-state index in [-0.39, 0.29) is 5.91 Å². The highest BCUT2D eigenvalue weighted by Gasteiger charge is 2.20. The number of piperidine rings is 1. The van der Waals surface area contributed by atoms with E-state index >= 15 is 0 Å². The predicted octanol–water partition coefficient (Wildman–Crippen LogP) is 5.86. The van der Waals surface area contributed by atoms with E-state index in [1.807, 2.05) is 30.6 Å². The third kappa shape index (κ3) is 4.89. The van der Waals surface area contributed by atoms with Crippen molar-refractivity contribution in [1.29, 1.82) is 0 Å². The number of carbonyl (C=O) groups excluding carboxylic acids is 1. The Balaban J connectivity index is 1.17. The summed E-state index contributed by atoms with van der Waals surface area (Å²) >= 11 is 0. The van der Waals surface area contributed by atoms with Gasteiger partial charge in [0.25, 0.3) is 0 Å². The van der Waals surface area contributed by atoms with Crippen molar-refractivity contribution in [1.82, 2.24) is 35.1 Å². The summed E-state index contributed by atoms with van der Waals surface area (Å²) in [6, 6.07) is 5.83. The van der Waals surface area contributed by atoms with Gasteiger partial charge in [0.15, 0.2) is 11.5 Å². The Morgan fingerprint density at radius 1 is 0.900 bits per heavy atom. The molecule has 0 unspecified atom stereocenters. The van der Waals surface area contributed by atoms with Crippen molar-refractivity contribution in [2.24, 2.45) is 5.92 Å². The summed E-state index contributed by atoms with van der Waals surface area (Å²) in [4.78, 5) is 37.2. The quantitative estimate of drug-likeness (QED) is 0.248. The lowest BCUT2D eigenvalue weighted by atomic mass is 9.87. The van der Waals surface area contributed by atoms with Gasteiger partial charge in [-0.15, -0.1) is 0 Å². The highest BCUT2D eigenvalue weighted by atomic mass is 16.1. The first-order chi connectivity index (χ1) is 19.7. The van der Waals surface area contributed by atoms with Crippen molar-refractivity contribution in [2.45, 2.75) is 57.8 Å². The number of hydrogen-bond acceptors (Lipinski definition) is 7. The molecule has 2 aliphatic rings. The van der Waals surface area contributed by atoms with Gasteiger partial charge in [-0.25, -0.2) is 9.97 Å². The minimum atomic E-state index is 0.0506. The molecule has 2 fully saturated rings. The van der Waals surface area contributed by atoms with Crippen LogP contribution in [0.4, 0.5) is 11.4 Å². The molecule has 0 radical (unpaired) electrons. The molecule has 7 rings (SSSR count). The summed E-state index contributed by atoms with van der Waals surface area (Å²) in [7, 11) is 0. The minimum absolute atomic E-state index is 0.0506. The van der Waals surface area contributed by atoms with Crippen molar-refractivity contribution in [3.05, 3.63) is 43.0 Å². The third-order valence-corrected chi connectivity index (χ3v) is 8.22. The molecule has 1 amide bonds. The normalized spacial score (nSPS) is 16.6. The zero-order valence-electron chi connectivity index (χ0n) is 22.5. The monoisotopic (exact) mass is 535 g/mol. The van der Waals surface area contributed by atoms with Crippen LogP contribution in [0.15, 0.2) is 43.0 Å². The number of anilines is 2. The molecule has 204 valence electrons. The highest BCUT2D eigenvalue weighted by Crippen LogP contribution is 2.32. The Bertz CT molecular complexity index is 1660. The van der Waals surface area contributed by atoms with E-state index < -0.39 is 0 Å². The Kier molecular flexibility index (Phi) is 6.59. The molecule has 5 aromatic heterocycles. The van der Waals surface area contributed by atoms with Gasteiger partial charge in [0, 0.05) is 31.3 Å². The Morgan fingerprint density at radius 2 is 1.73 bits per heavy atom. The molecular weight excluding hydrogens is 502 g/mol. The number of H-pyrrole nitrogens is 2. The van der Waals surface area contributed by atoms with Gasteiger partial charge in [-0.2, -0.15) is 5.10 Å². The van der Waals surface area contributed by atoms with Crippen LogP contribution in [0.25, 0.3) is 44.8 Å². The minimum Gasteiger partial charge on any atom is -0.368 e. The summed E-state index contributed by atoms with van der Waals surface area (Å²) in [6.07, 6.45) is 17.4. The van der Waals surface area contributed by atoms with Gasteiger partial charge in [-0.3, -0.25) is 19.9 Å². The SMILES string of the molecule is O=C(CC1CCCCC1)Nc1cncc(-c2ccc3[nH]nc(-c4nc5c(N6CCCCC6)cncc5[nH]4)c3n2)c1. The highest BCUT2D eigenvalue weighted by molar-refractivity contribution is 5.95.